The van der Waals surface area contributed by atoms with Crippen LogP contribution in [0.2, 0.25) is 0 Å². The van der Waals surface area contributed by atoms with Gasteiger partial charge in [0.15, 0.2) is 5.78 Å². The molecule has 30 heavy (non-hydrogen) atoms. The molecular formula is C23H23N5OS. The molecule has 0 fully saturated rings. The van der Waals surface area contributed by atoms with Gasteiger partial charge in [-0.1, -0.05) is 18.2 Å². The van der Waals surface area contributed by atoms with Gasteiger partial charge in [-0.3, -0.25) is 9.78 Å². The van der Waals surface area contributed by atoms with E-state index in [1.165, 1.54) is 4.88 Å². The van der Waals surface area contributed by atoms with Gasteiger partial charge >= 0.3 is 0 Å². The van der Waals surface area contributed by atoms with Gasteiger partial charge in [0, 0.05) is 29.1 Å². The van der Waals surface area contributed by atoms with Gasteiger partial charge in [-0.2, -0.15) is 5.10 Å². The number of anilines is 1. The van der Waals surface area contributed by atoms with E-state index in [0.717, 1.165) is 33.7 Å². The van der Waals surface area contributed by atoms with E-state index in [9.17, 15) is 4.79 Å². The SMILES string of the molecule is Cc1cnc(C2CC(C)(C)n3ncc(C(=O)Cc4cnc5ccccc5c4)c3N2)s1. The highest BCUT2D eigenvalue weighted by molar-refractivity contribution is 7.11. The van der Waals surface area contributed by atoms with Crippen molar-refractivity contribution in [1.82, 2.24) is 19.7 Å². The van der Waals surface area contributed by atoms with Crippen molar-refractivity contribution in [2.24, 2.45) is 0 Å². The smallest absolute Gasteiger partial charge is 0.172 e. The average Bonchev–Trinajstić information content (AvgIpc) is 3.34. The summed E-state index contributed by atoms with van der Waals surface area (Å²) >= 11 is 1.69. The summed E-state index contributed by atoms with van der Waals surface area (Å²) < 4.78 is 1.94. The number of hydrogen-bond acceptors (Lipinski definition) is 6. The molecule has 0 spiro atoms. The summed E-state index contributed by atoms with van der Waals surface area (Å²) in [5.41, 5.74) is 2.24. The number of nitrogens with one attached hydrogen (secondary N) is 1. The van der Waals surface area contributed by atoms with E-state index in [1.807, 2.05) is 41.2 Å². The molecule has 4 aromatic rings. The maximum absolute atomic E-state index is 13.2. The highest BCUT2D eigenvalue weighted by Gasteiger charge is 2.37. The molecule has 0 amide bonds. The van der Waals surface area contributed by atoms with Crippen LogP contribution < -0.4 is 5.32 Å². The predicted octanol–water partition coefficient (Wildman–Crippen LogP) is 4.91. The minimum absolute atomic E-state index is 0.0348. The molecule has 1 N–H and O–H groups in total. The summed E-state index contributed by atoms with van der Waals surface area (Å²) in [6, 6.07) is 10.0. The first-order chi connectivity index (χ1) is 14.4. The van der Waals surface area contributed by atoms with Crippen molar-refractivity contribution in [3.63, 3.8) is 0 Å². The van der Waals surface area contributed by atoms with Crippen LogP contribution in [0.5, 0.6) is 0 Å². The average molecular weight is 418 g/mol. The van der Waals surface area contributed by atoms with Gasteiger partial charge in [-0.05, 0) is 44.9 Å². The molecule has 152 valence electrons. The minimum atomic E-state index is -0.214. The van der Waals surface area contributed by atoms with Gasteiger partial charge < -0.3 is 5.32 Å². The number of aromatic nitrogens is 4. The summed E-state index contributed by atoms with van der Waals surface area (Å²) in [6.45, 7) is 6.37. The Balaban J connectivity index is 1.46. The van der Waals surface area contributed by atoms with Crippen molar-refractivity contribution < 1.29 is 4.79 Å². The van der Waals surface area contributed by atoms with Crippen LogP contribution in [0.3, 0.4) is 0 Å². The third-order valence-corrected chi connectivity index (χ3v) is 6.63. The summed E-state index contributed by atoms with van der Waals surface area (Å²) in [4.78, 5) is 23.4. The molecular weight excluding hydrogens is 394 g/mol. The third kappa shape index (κ3) is 3.29. The van der Waals surface area contributed by atoms with Gasteiger partial charge in [0.25, 0.3) is 0 Å². The highest BCUT2D eigenvalue weighted by atomic mass is 32.1. The van der Waals surface area contributed by atoms with Gasteiger partial charge in [0.1, 0.15) is 10.8 Å². The van der Waals surface area contributed by atoms with Crippen LogP contribution in [0.15, 0.2) is 48.9 Å². The molecule has 0 saturated carbocycles. The van der Waals surface area contributed by atoms with Crippen LogP contribution in [0, 0.1) is 6.92 Å². The number of carbonyl (C=O) groups excluding carboxylic acids is 1. The normalized spacial score (nSPS) is 17.5. The third-order valence-electron chi connectivity index (χ3n) is 5.61. The lowest BCUT2D eigenvalue weighted by Crippen LogP contribution is -2.38. The van der Waals surface area contributed by atoms with E-state index in [-0.39, 0.29) is 17.4 Å². The maximum Gasteiger partial charge on any atom is 0.172 e. The lowest BCUT2D eigenvalue weighted by Gasteiger charge is -2.37. The Kier molecular flexibility index (Phi) is 4.43. The Morgan fingerprint density at radius 1 is 1.23 bits per heavy atom. The summed E-state index contributed by atoms with van der Waals surface area (Å²) in [5, 5.41) is 10.2. The fraction of sp³-hybridized carbons (Fsp3) is 0.304. The monoisotopic (exact) mass is 417 g/mol. The van der Waals surface area contributed by atoms with Crippen LogP contribution in [0.4, 0.5) is 5.82 Å². The number of para-hydroxylation sites is 1. The Morgan fingerprint density at radius 3 is 2.87 bits per heavy atom. The number of carbonyl (C=O) groups is 1. The van der Waals surface area contributed by atoms with Crippen LogP contribution >= 0.6 is 11.3 Å². The largest absolute Gasteiger partial charge is 0.360 e. The van der Waals surface area contributed by atoms with Crippen molar-refractivity contribution in [2.75, 3.05) is 5.32 Å². The van der Waals surface area contributed by atoms with E-state index < -0.39 is 0 Å². The molecule has 0 bridgehead atoms. The number of aryl methyl sites for hydroxylation is 1. The number of rotatable bonds is 4. The molecule has 0 aliphatic carbocycles. The van der Waals surface area contributed by atoms with E-state index >= 15 is 0 Å². The van der Waals surface area contributed by atoms with Crippen molar-refractivity contribution in [2.45, 2.75) is 45.2 Å². The molecule has 5 rings (SSSR count). The Morgan fingerprint density at radius 2 is 2.07 bits per heavy atom. The number of Topliss-reactive ketones (excluding diaryl/α,β-unsaturated/α-hetero) is 1. The van der Waals surface area contributed by atoms with E-state index in [1.54, 1.807) is 23.7 Å². The molecule has 1 aliphatic heterocycles. The fourth-order valence-electron chi connectivity index (χ4n) is 4.13. The standard InChI is InChI=1S/C23H23N5OS/c1-14-11-25-22(30-14)19-10-23(2,3)28-21(27-19)17(13-26-28)20(29)9-15-8-16-6-4-5-7-18(16)24-12-15/h4-8,11-13,19,27H,9-10H2,1-3H3. The van der Waals surface area contributed by atoms with E-state index in [2.05, 4.69) is 41.2 Å². The van der Waals surface area contributed by atoms with E-state index in [4.69, 9.17) is 0 Å². The summed E-state index contributed by atoms with van der Waals surface area (Å²) in [7, 11) is 0. The number of thiazole rings is 1. The van der Waals surface area contributed by atoms with Crippen molar-refractivity contribution in [3.05, 3.63) is 69.9 Å². The Hall–Kier alpha value is -3.06. The van der Waals surface area contributed by atoms with Crippen LogP contribution in [0.1, 0.15) is 52.1 Å². The highest BCUT2D eigenvalue weighted by Crippen LogP contribution is 2.41. The lowest BCUT2D eigenvalue weighted by molar-refractivity contribution is 0.0993. The van der Waals surface area contributed by atoms with Crippen molar-refractivity contribution in [1.29, 1.82) is 0 Å². The second kappa shape index (κ2) is 7.02. The molecule has 1 aliphatic rings. The van der Waals surface area contributed by atoms with Gasteiger partial charge in [0.2, 0.25) is 0 Å². The lowest BCUT2D eigenvalue weighted by atomic mass is 9.92. The summed E-state index contributed by atoms with van der Waals surface area (Å²) in [5.74, 6) is 0.815. The van der Waals surface area contributed by atoms with Crippen LogP contribution in [-0.4, -0.2) is 25.5 Å². The topological polar surface area (TPSA) is 72.7 Å². The second-order valence-electron chi connectivity index (χ2n) is 8.48. The second-order valence-corrected chi connectivity index (χ2v) is 9.74. The molecule has 1 atom stereocenters. The maximum atomic E-state index is 13.2. The van der Waals surface area contributed by atoms with Crippen LogP contribution in [0.25, 0.3) is 10.9 Å². The molecule has 6 nitrogen and oxygen atoms in total. The zero-order valence-corrected chi connectivity index (χ0v) is 18.0. The minimum Gasteiger partial charge on any atom is -0.360 e. The number of hydrogen-bond donors (Lipinski definition) is 1. The quantitative estimate of drug-likeness (QED) is 0.478. The molecule has 1 unspecified atom stereocenters. The Bertz CT molecular complexity index is 1260. The van der Waals surface area contributed by atoms with Crippen molar-refractivity contribution >= 4 is 33.8 Å². The fourth-order valence-corrected chi connectivity index (χ4v) is 4.95. The first kappa shape index (κ1) is 18.9. The predicted molar refractivity (Wildman–Crippen MR) is 119 cm³/mol. The number of pyridine rings is 1. The number of ketones is 1. The molecule has 3 aromatic heterocycles. The van der Waals surface area contributed by atoms with E-state index in [0.29, 0.717) is 12.0 Å². The number of fused-ring (bicyclic) bond motifs is 2. The summed E-state index contributed by atoms with van der Waals surface area (Å²) in [6.07, 6.45) is 6.53. The zero-order valence-electron chi connectivity index (χ0n) is 17.2. The van der Waals surface area contributed by atoms with Gasteiger partial charge in [-0.25, -0.2) is 9.67 Å². The van der Waals surface area contributed by atoms with Crippen LogP contribution in [-0.2, 0) is 12.0 Å². The van der Waals surface area contributed by atoms with Crippen molar-refractivity contribution in [3.8, 4) is 0 Å². The Labute approximate surface area is 179 Å². The number of nitrogens with zero attached hydrogens (tertiary/aromatic N) is 4. The number of benzene rings is 1. The molecule has 0 saturated heterocycles. The molecule has 1 aromatic carbocycles. The first-order valence-corrected chi connectivity index (χ1v) is 10.9. The molecule has 7 heteroatoms. The zero-order chi connectivity index (χ0) is 20.9. The first-order valence-electron chi connectivity index (χ1n) is 10.0. The molecule has 0 radical (unpaired) electrons. The van der Waals surface area contributed by atoms with Gasteiger partial charge in [0.05, 0.1) is 28.9 Å². The van der Waals surface area contributed by atoms with Gasteiger partial charge in [-0.15, -0.1) is 11.3 Å². The molecule has 4 heterocycles.